The van der Waals surface area contributed by atoms with Crippen LogP contribution in [0.4, 0.5) is 5.13 Å². The number of anilines is 1. The Bertz CT molecular complexity index is 1650. The Morgan fingerprint density at radius 1 is 1.13 bits per heavy atom. The maximum Gasteiger partial charge on any atom is 0.253 e. The predicted octanol–water partition coefficient (Wildman–Crippen LogP) is 3.52. The zero-order valence-electron chi connectivity index (χ0n) is 21.8. The van der Waals surface area contributed by atoms with E-state index in [1.54, 1.807) is 11.3 Å². The minimum Gasteiger partial charge on any atom is -0.376 e. The maximum absolute atomic E-state index is 13.5. The summed E-state index contributed by atoms with van der Waals surface area (Å²) in [5, 5.41) is 14.9. The fraction of sp³-hybridized carbons (Fsp3) is 0.393. The van der Waals surface area contributed by atoms with Gasteiger partial charge in [-0.3, -0.25) is 9.69 Å². The summed E-state index contributed by atoms with van der Waals surface area (Å²) in [4.78, 5) is 26.2. The van der Waals surface area contributed by atoms with E-state index >= 15 is 0 Å². The molecule has 0 radical (unpaired) electrons. The first-order chi connectivity index (χ1) is 19.1. The average Bonchev–Trinajstić information content (AvgIpc) is 3.72. The predicted molar refractivity (Wildman–Crippen MR) is 151 cm³/mol. The van der Waals surface area contributed by atoms with Crippen LogP contribution in [0.15, 0.2) is 53.3 Å². The molecule has 3 aromatic heterocycles. The molecule has 0 unspecified atom stereocenters. The van der Waals surface area contributed by atoms with Gasteiger partial charge in [0, 0.05) is 43.9 Å². The number of fused-ring (bicyclic) bond motifs is 2. The summed E-state index contributed by atoms with van der Waals surface area (Å²) >= 11 is 1.72. The van der Waals surface area contributed by atoms with E-state index in [1.165, 1.54) is 4.70 Å². The largest absolute Gasteiger partial charge is 0.376 e. The van der Waals surface area contributed by atoms with Crippen molar-refractivity contribution in [3.05, 3.63) is 75.8 Å². The molecule has 0 amide bonds. The quantitative estimate of drug-likeness (QED) is 0.348. The molecule has 11 heteroatoms. The second-order valence-corrected chi connectivity index (χ2v) is 11.4. The molecular weight excluding hydrogens is 512 g/mol. The van der Waals surface area contributed by atoms with Crippen LogP contribution in [-0.4, -0.2) is 74.0 Å². The van der Waals surface area contributed by atoms with Gasteiger partial charge in [-0.15, -0.1) is 5.10 Å². The third-order valence-electron chi connectivity index (χ3n) is 7.76. The molecule has 2 atom stereocenters. The number of aromatic amines is 1. The van der Waals surface area contributed by atoms with Crippen LogP contribution in [0.3, 0.4) is 0 Å². The molecule has 5 aromatic rings. The van der Waals surface area contributed by atoms with Gasteiger partial charge in [0.25, 0.3) is 5.56 Å². The smallest absolute Gasteiger partial charge is 0.253 e. The number of hydrogen-bond acceptors (Lipinski definition) is 9. The van der Waals surface area contributed by atoms with Crippen molar-refractivity contribution >= 4 is 37.6 Å². The lowest BCUT2D eigenvalue weighted by molar-refractivity contribution is 0.0906. The molecule has 0 saturated carbocycles. The van der Waals surface area contributed by atoms with E-state index < -0.39 is 0 Å². The van der Waals surface area contributed by atoms with Crippen molar-refractivity contribution in [3.63, 3.8) is 0 Å². The van der Waals surface area contributed by atoms with Crippen molar-refractivity contribution in [1.29, 1.82) is 0 Å². The molecule has 39 heavy (non-hydrogen) atoms. The molecule has 200 valence electrons. The summed E-state index contributed by atoms with van der Waals surface area (Å²) < 4.78 is 8.91. The lowest BCUT2D eigenvalue weighted by Crippen LogP contribution is -2.49. The van der Waals surface area contributed by atoms with Gasteiger partial charge in [0.15, 0.2) is 11.0 Å². The second-order valence-electron chi connectivity index (χ2n) is 10.4. The minimum absolute atomic E-state index is 0.0846. The molecular formula is C28H30N8O2S. The number of aryl methyl sites for hydroxylation is 1. The molecule has 10 nitrogen and oxygen atoms in total. The number of H-pyrrole nitrogens is 1. The van der Waals surface area contributed by atoms with Crippen molar-refractivity contribution < 1.29 is 4.74 Å². The molecule has 7 rings (SSSR count). The molecule has 1 N–H and O–H groups in total. The summed E-state index contributed by atoms with van der Waals surface area (Å²) in [6.45, 7) is 6.50. The van der Waals surface area contributed by atoms with Crippen molar-refractivity contribution in [1.82, 2.24) is 35.1 Å². The van der Waals surface area contributed by atoms with E-state index in [1.807, 2.05) is 28.9 Å². The van der Waals surface area contributed by atoms with Crippen LogP contribution in [0.2, 0.25) is 0 Å². The Labute approximate surface area is 229 Å². The van der Waals surface area contributed by atoms with Crippen molar-refractivity contribution in [2.75, 3.05) is 37.7 Å². The fourth-order valence-electron chi connectivity index (χ4n) is 5.73. The number of thiazole rings is 1. The highest BCUT2D eigenvalue weighted by Gasteiger charge is 2.34. The van der Waals surface area contributed by atoms with Gasteiger partial charge in [0.2, 0.25) is 0 Å². The summed E-state index contributed by atoms with van der Waals surface area (Å²) in [7, 11) is 0. The number of ether oxygens (including phenoxy) is 1. The Kier molecular flexibility index (Phi) is 6.34. The summed E-state index contributed by atoms with van der Waals surface area (Å²) in [5.74, 6) is 0.677. The zero-order chi connectivity index (χ0) is 26.3. The summed E-state index contributed by atoms with van der Waals surface area (Å²) in [6, 6.07) is 16.0. The van der Waals surface area contributed by atoms with E-state index in [2.05, 4.69) is 61.5 Å². The van der Waals surface area contributed by atoms with Gasteiger partial charge in [-0.25, -0.2) is 9.67 Å². The normalized spacial score (nSPS) is 19.3. The Balaban J connectivity index is 1.23. The molecule has 0 aliphatic carbocycles. The molecule has 0 spiro atoms. The van der Waals surface area contributed by atoms with Crippen LogP contribution in [0.1, 0.15) is 35.8 Å². The van der Waals surface area contributed by atoms with Crippen LogP contribution >= 0.6 is 11.3 Å². The standard InChI is InChI=1S/C28H30N8O2S/c1-18-8-9-22-19(15-18)16-21(27(37)29-22)25(26-31-32-33-36(26)17-20-5-4-14-38-20)34-10-12-35(13-11-34)28-30-23-6-2-3-7-24(23)39-28/h2-3,6-9,15-16,20,25H,4-5,10-14,17H2,1H3,(H,29,37)/t20-,25+/m0/s1. The molecule has 5 heterocycles. The van der Waals surface area contributed by atoms with Gasteiger partial charge in [-0.1, -0.05) is 35.1 Å². The van der Waals surface area contributed by atoms with Gasteiger partial charge in [0.1, 0.15) is 6.04 Å². The zero-order valence-corrected chi connectivity index (χ0v) is 22.6. The van der Waals surface area contributed by atoms with Crippen molar-refractivity contribution in [3.8, 4) is 0 Å². The number of para-hydroxylation sites is 1. The third-order valence-corrected chi connectivity index (χ3v) is 8.86. The number of piperazine rings is 1. The number of pyridine rings is 1. The van der Waals surface area contributed by atoms with Gasteiger partial charge >= 0.3 is 0 Å². The van der Waals surface area contributed by atoms with Crippen LogP contribution in [-0.2, 0) is 11.3 Å². The number of aromatic nitrogens is 6. The topological polar surface area (TPSA) is 105 Å². The minimum atomic E-state index is -0.382. The Hall–Kier alpha value is -3.67. The number of nitrogens with one attached hydrogen (secondary N) is 1. The lowest BCUT2D eigenvalue weighted by atomic mass is 10.0. The number of benzene rings is 2. The van der Waals surface area contributed by atoms with E-state index in [9.17, 15) is 4.79 Å². The Morgan fingerprint density at radius 2 is 2.00 bits per heavy atom. The van der Waals surface area contributed by atoms with Crippen LogP contribution in [0.5, 0.6) is 0 Å². The van der Waals surface area contributed by atoms with Gasteiger partial charge < -0.3 is 14.6 Å². The maximum atomic E-state index is 13.5. The van der Waals surface area contributed by atoms with Crippen molar-refractivity contribution in [2.45, 2.75) is 38.5 Å². The monoisotopic (exact) mass is 542 g/mol. The van der Waals surface area contributed by atoms with E-state index in [0.717, 1.165) is 72.7 Å². The van der Waals surface area contributed by atoms with Crippen LogP contribution in [0, 0.1) is 6.92 Å². The van der Waals surface area contributed by atoms with E-state index in [4.69, 9.17) is 9.72 Å². The van der Waals surface area contributed by atoms with E-state index in [-0.39, 0.29) is 17.7 Å². The Morgan fingerprint density at radius 3 is 2.82 bits per heavy atom. The first-order valence-corrected chi connectivity index (χ1v) is 14.3. The SMILES string of the molecule is Cc1ccc2[nH]c(=O)c([C@H](c3nnnn3C[C@@H]3CCCO3)N3CCN(c4nc5ccccc5s4)CC3)cc2c1. The van der Waals surface area contributed by atoms with Crippen LogP contribution in [0.25, 0.3) is 21.1 Å². The number of nitrogens with zero attached hydrogens (tertiary/aromatic N) is 7. The van der Waals surface area contributed by atoms with Crippen LogP contribution < -0.4 is 10.5 Å². The first kappa shape index (κ1) is 24.4. The molecule has 2 aliphatic heterocycles. The highest BCUT2D eigenvalue weighted by molar-refractivity contribution is 7.22. The molecule has 2 fully saturated rings. The fourth-order valence-corrected chi connectivity index (χ4v) is 6.75. The van der Waals surface area contributed by atoms with Crippen molar-refractivity contribution in [2.24, 2.45) is 0 Å². The molecule has 2 saturated heterocycles. The third kappa shape index (κ3) is 4.70. The number of tetrazole rings is 1. The summed E-state index contributed by atoms with van der Waals surface area (Å²) in [6.07, 6.45) is 2.12. The van der Waals surface area contributed by atoms with Gasteiger partial charge in [-0.05, 0) is 65.9 Å². The first-order valence-electron chi connectivity index (χ1n) is 13.5. The van der Waals surface area contributed by atoms with Gasteiger partial charge in [0.05, 0.1) is 22.9 Å². The lowest BCUT2D eigenvalue weighted by Gasteiger charge is -2.38. The average molecular weight is 543 g/mol. The highest BCUT2D eigenvalue weighted by atomic mass is 32.1. The summed E-state index contributed by atoms with van der Waals surface area (Å²) in [5.41, 5.74) is 3.54. The molecule has 2 aromatic carbocycles. The van der Waals surface area contributed by atoms with E-state index in [0.29, 0.717) is 17.9 Å². The number of rotatable bonds is 6. The van der Waals surface area contributed by atoms with Gasteiger partial charge in [-0.2, -0.15) is 0 Å². The molecule has 2 aliphatic rings. The number of hydrogen-bond donors (Lipinski definition) is 1. The second kappa shape index (κ2) is 10.1. The highest BCUT2D eigenvalue weighted by Crippen LogP contribution is 2.32. The molecule has 0 bridgehead atoms.